The van der Waals surface area contributed by atoms with E-state index >= 15 is 0 Å². The van der Waals surface area contributed by atoms with Crippen LogP contribution in [0.2, 0.25) is 5.32 Å². The molecule has 3 aromatic carbocycles. The van der Waals surface area contributed by atoms with Gasteiger partial charge in [0.05, 0.1) is 0 Å². The van der Waals surface area contributed by atoms with E-state index in [2.05, 4.69) is 4.72 Å². The van der Waals surface area contributed by atoms with Gasteiger partial charge in [0.15, 0.2) is 0 Å². The molecule has 0 spiro atoms. The fourth-order valence-corrected chi connectivity index (χ4v) is 6.89. The molecule has 31 heavy (non-hydrogen) atoms. The molecule has 0 aliphatic heterocycles. The van der Waals surface area contributed by atoms with Crippen molar-refractivity contribution in [3.05, 3.63) is 90.0 Å². The molecule has 0 amide bonds. The molecule has 3 rings (SSSR count). The summed E-state index contributed by atoms with van der Waals surface area (Å²) in [5.74, 6) is 0. The van der Waals surface area contributed by atoms with Gasteiger partial charge in [0.1, 0.15) is 0 Å². The topological polar surface area (TPSA) is 106 Å². The second-order valence-electron chi connectivity index (χ2n) is 7.15. The Morgan fingerprint density at radius 3 is 2.00 bits per heavy atom. The Bertz CT molecular complexity index is 1210. The summed E-state index contributed by atoms with van der Waals surface area (Å²) in [4.78, 5) is 0.300. The second-order valence-corrected chi connectivity index (χ2v) is 12.7. The van der Waals surface area contributed by atoms with Crippen LogP contribution < -0.4 is 14.3 Å². The molecule has 0 saturated carbocycles. The van der Waals surface area contributed by atoms with E-state index in [1.165, 1.54) is 12.1 Å². The molecule has 3 aromatic rings. The number of sulfonamides is 2. The first-order valence-corrected chi connectivity index (χ1v) is 14.6. The van der Waals surface area contributed by atoms with Crippen LogP contribution in [0.4, 0.5) is 0 Å². The number of rotatable bonds is 9. The fourth-order valence-electron chi connectivity index (χ4n) is 2.96. The molecule has 1 atom stereocenters. The van der Waals surface area contributed by atoms with Gasteiger partial charge in [-0.05, 0) is 0 Å². The molecule has 0 aromatic heterocycles. The molecule has 6 nitrogen and oxygen atoms in total. The van der Waals surface area contributed by atoms with Gasteiger partial charge in [0.25, 0.3) is 0 Å². The molecule has 3 N–H and O–H groups in total. The number of hydrogen-bond acceptors (Lipinski definition) is 4. The van der Waals surface area contributed by atoms with Crippen LogP contribution in [0.15, 0.2) is 88.7 Å². The maximum absolute atomic E-state index is 12.9. The number of nitrogens with one attached hydrogen (secondary N) is 1. The Hall–Kier alpha value is -2.00. The van der Waals surface area contributed by atoms with E-state index in [1.807, 2.05) is 37.3 Å². The molecule has 0 heterocycles. The summed E-state index contributed by atoms with van der Waals surface area (Å²) in [5.41, 5.74) is 2.03. The molecular formula is C22H24N2O4S2Se. The van der Waals surface area contributed by atoms with Crippen molar-refractivity contribution in [1.29, 1.82) is 0 Å². The molecular weight excluding hydrogens is 499 g/mol. The van der Waals surface area contributed by atoms with Gasteiger partial charge in [-0.3, -0.25) is 0 Å². The van der Waals surface area contributed by atoms with Crippen LogP contribution in [0.25, 0.3) is 0 Å². The zero-order chi connectivity index (χ0) is 22.5. The second kappa shape index (κ2) is 10.1. The first kappa shape index (κ1) is 23.7. The average Bonchev–Trinajstić information content (AvgIpc) is 2.72. The van der Waals surface area contributed by atoms with Crippen LogP contribution in [-0.2, 0) is 26.5 Å². The number of hydrogen-bond donors (Lipinski definition) is 2. The van der Waals surface area contributed by atoms with Crippen molar-refractivity contribution in [3.8, 4) is 0 Å². The van der Waals surface area contributed by atoms with Crippen LogP contribution in [0.5, 0.6) is 0 Å². The van der Waals surface area contributed by atoms with Crippen molar-refractivity contribution in [2.45, 2.75) is 34.5 Å². The predicted molar refractivity (Wildman–Crippen MR) is 123 cm³/mol. The summed E-state index contributed by atoms with van der Waals surface area (Å²) in [6.45, 7) is 1.91. The van der Waals surface area contributed by atoms with E-state index in [0.29, 0.717) is 11.7 Å². The zero-order valence-corrected chi connectivity index (χ0v) is 20.3. The Labute approximate surface area is 190 Å². The fraction of sp³-hybridized carbons (Fsp3) is 0.182. The Morgan fingerprint density at radius 2 is 1.42 bits per heavy atom. The van der Waals surface area contributed by atoms with Crippen molar-refractivity contribution < 1.29 is 16.8 Å². The third kappa shape index (κ3) is 7.00. The number of benzene rings is 3. The molecule has 9 heteroatoms. The van der Waals surface area contributed by atoms with Crippen LogP contribution in [0.3, 0.4) is 0 Å². The summed E-state index contributed by atoms with van der Waals surface area (Å²) in [7, 11) is -7.40. The number of primary sulfonamides is 1. The third-order valence-corrected chi connectivity index (χ3v) is 9.51. The average molecular weight is 524 g/mol. The number of nitrogens with two attached hydrogens (primary N) is 1. The van der Waals surface area contributed by atoms with Gasteiger partial charge in [-0.25, -0.2) is 0 Å². The minimum absolute atomic E-state index is 0.0629. The molecule has 164 valence electrons. The monoisotopic (exact) mass is 524 g/mol. The summed E-state index contributed by atoms with van der Waals surface area (Å²) in [6, 6.07) is 22.6. The Kier molecular flexibility index (Phi) is 7.69. The number of aryl methyl sites for hydroxylation is 1. The quantitative estimate of drug-likeness (QED) is 0.419. The summed E-state index contributed by atoms with van der Waals surface area (Å²) in [6.07, 6.45) is 0.558. The molecule has 0 saturated heterocycles. The minimum atomic E-state index is -3.73. The van der Waals surface area contributed by atoms with Gasteiger partial charge in [-0.1, -0.05) is 0 Å². The van der Waals surface area contributed by atoms with Crippen molar-refractivity contribution in [1.82, 2.24) is 4.72 Å². The van der Waals surface area contributed by atoms with Crippen molar-refractivity contribution in [2.75, 3.05) is 0 Å². The van der Waals surface area contributed by atoms with E-state index in [1.54, 1.807) is 36.4 Å². The van der Waals surface area contributed by atoms with E-state index in [9.17, 15) is 16.8 Å². The Morgan fingerprint density at radius 1 is 0.839 bits per heavy atom. The molecule has 0 aliphatic rings. The molecule has 0 radical (unpaired) electrons. The van der Waals surface area contributed by atoms with Crippen molar-refractivity contribution in [2.24, 2.45) is 5.14 Å². The summed E-state index contributed by atoms with van der Waals surface area (Å²) >= 11 is -0.0634. The van der Waals surface area contributed by atoms with E-state index in [0.717, 1.165) is 15.6 Å². The summed E-state index contributed by atoms with van der Waals surface area (Å²) in [5, 5.41) is 5.76. The van der Waals surface area contributed by atoms with Crippen LogP contribution in [0, 0.1) is 6.92 Å². The molecule has 0 aliphatic carbocycles. The Balaban J connectivity index is 1.77. The van der Waals surface area contributed by atoms with Crippen LogP contribution in [-0.4, -0.2) is 37.8 Å². The first-order valence-electron chi connectivity index (χ1n) is 9.52. The maximum atomic E-state index is 12.9. The van der Waals surface area contributed by atoms with Crippen LogP contribution >= 0.6 is 0 Å². The third-order valence-electron chi connectivity index (χ3n) is 4.58. The molecule has 0 unspecified atom stereocenters. The normalized spacial score (nSPS) is 13.1. The van der Waals surface area contributed by atoms with Gasteiger partial charge >= 0.3 is 191 Å². The summed E-state index contributed by atoms with van der Waals surface area (Å²) < 4.78 is 52.5. The first-order chi connectivity index (χ1) is 14.6. The van der Waals surface area contributed by atoms with Crippen LogP contribution in [0.1, 0.15) is 11.1 Å². The standard InChI is InChI=1S/C22H24N2O4S2Se/c1-17-7-9-21(10-8-17)30(27,28)24-19(15-18-5-3-2-4-6-18)16-31-22-13-11-20(12-14-22)29(23,25)26/h2-14,19,24H,15-16H2,1H3,(H2,23,25,26)/t19-/m0/s1. The van der Waals surface area contributed by atoms with Gasteiger partial charge in [0, 0.05) is 0 Å². The van der Waals surface area contributed by atoms with Gasteiger partial charge in [-0.2, -0.15) is 0 Å². The SMILES string of the molecule is Cc1ccc(S(=O)(=O)N[C@H](C[Se]c2ccc(S(N)(=O)=O)cc2)Cc2ccccc2)cc1. The van der Waals surface area contributed by atoms with Crippen molar-refractivity contribution >= 4 is 39.5 Å². The zero-order valence-electron chi connectivity index (χ0n) is 16.9. The van der Waals surface area contributed by atoms with Gasteiger partial charge < -0.3 is 0 Å². The molecule has 0 fully saturated rings. The molecule has 0 bridgehead atoms. The predicted octanol–water partition coefficient (Wildman–Crippen LogP) is 1.98. The van der Waals surface area contributed by atoms with Gasteiger partial charge in [-0.15, -0.1) is 0 Å². The van der Waals surface area contributed by atoms with Gasteiger partial charge in [0.2, 0.25) is 0 Å². The van der Waals surface area contributed by atoms with E-state index in [4.69, 9.17) is 5.14 Å². The van der Waals surface area contributed by atoms with E-state index < -0.39 is 20.0 Å². The van der Waals surface area contributed by atoms with E-state index in [-0.39, 0.29) is 30.8 Å². The van der Waals surface area contributed by atoms with Crippen molar-refractivity contribution in [3.63, 3.8) is 0 Å².